The molecule has 166 valence electrons. The first-order valence-electron chi connectivity index (χ1n) is 9.73. The number of nitrogens with one attached hydrogen (secondary N) is 1. The molecule has 31 heavy (non-hydrogen) atoms. The molecule has 0 aliphatic rings. The summed E-state index contributed by atoms with van der Waals surface area (Å²) in [5.41, 5.74) is 0.0675. The van der Waals surface area contributed by atoms with Gasteiger partial charge in [-0.05, 0) is 0 Å². The van der Waals surface area contributed by atoms with Gasteiger partial charge in [0.25, 0.3) is 0 Å². The number of hydrogen-bond donors (Lipinski definition) is 1. The van der Waals surface area contributed by atoms with E-state index in [9.17, 15) is 14.4 Å². The number of carbonyl (C=O) groups excluding carboxylic acids is 3. The summed E-state index contributed by atoms with van der Waals surface area (Å²) in [6.07, 6.45) is 0.670. The molecule has 0 radical (unpaired) electrons. The maximum atomic E-state index is 12.6. The van der Waals surface area contributed by atoms with E-state index in [4.69, 9.17) is 14.3 Å². The van der Waals surface area contributed by atoms with Gasteiger partial charge in [-0.3, -0.25) is 0 Å². The summed E-state index contributed by atoms with van der Waals surface area (Å²) in [5.74, 6) is -1.24. The Kier molecular flexibility index (Phi) is 9.02. The van der Waals surface area contributed by atoms with Gasteiger partial charge < -0.3 is 0 Å². The average molecular weight is 493 g/mol. The van der Waals surface area contributed by atoms with Gasteiger partial charge in [-0.15, -0.1) is 0 Å². The molecule has 0 aliphatic carbocycles. The maximum absolute atomic E-state index is 12.6. The summed E-state index contributed by atoms with van der Waals surface area (Å²) >= 11 is 2.78. The predicted octanol–water partition coefficient (Wildman–Crippen LogP) is 2.56. The number of amides is 1. The number of hydrogen-bond acceptors (Lipinski definition) is 6. The Bertz CT molecular complexity index is 952. The van der Waals surface area contributed by atoms with E-state index in [1.54, 1.807) is 45.2 Å². The first kappa shape index (κ1) is 24.4. The first-order valence-corrected chi connectivity index (χ1v) is 10.6. The molecule has 1 heterocycles. The molecule has 0 aliphatic heterocycles. The minimum atomic E-state index is -1.07. The number of alkyl carbamates (subject to hydrolysis) is 1. The van der Waals surface area contributed by atoms with Crippen LogP contribution in [0.2, 0.25) is 0 Å². The molecule has 1 amide bonds. The summed E-state index contributed by atoms with van der Waals surface area (Å²) < 4.78 is 12.4. The molecule has 0 fully saturated rings. The molecule has 1 N–H and O–H groups in total. The average Bonchev–Trinajstić information content (AvgIpc) is 2.70. The van der Waals surface area contributed by atoms with E-state index in [1.165, 1.54) is 4.73 Å². The van der Waals surface area contributed by atoms with Crippen molar-refractivity contribution >= 4 is 33.6 Å². The van der Waals surface area contributed by atoms with Crippen molar-refractivity contribution in [1.29, 1.82) is 0 Å². The number of rotatable bonds is 8. The quantitative estimate of drug-likeness (QED) is 0.449. The summed E-state index contributed by atoms with van der Waals surface area (Å²) in [5, 5.41) is 2.48. The molecule has 0 saturated heterocycles. The zero-order valence-corrected chi connectivity index (χ0v) is 19.4. The van der Waals surface area contributed by atoms with Gasteiger partial charge in [0, 0.05) is 0 Å². The number of ether oxygens (including phenoxy) is 2. The van der Waals surface area contributed by atoms with Crippen LogP contribution in [-0.4, -0.2) is 50.0 Å². The third-order valence-corrected chi connectivity index (χ3v) is 4.49. The molecule has 0 bridgehead atoms. The zero-order valence-electron chi connectivity index (χ0n) is 17.7. The Morgan fingerprint density at radius 1 is 1.06 bits per heavy atom. The van der Waals surface area contributed by atoms with Crippen molar-refractivity contribution in [2.45, 2.75) is 51.9 Å². The minimum absolute atomic E-state index is 0.0120. The fourth-order valence-electron chi connectivity index (χ4n) is 2.43. The second-order valence-electron chi connectivity index (χ2n) is 7.66. The van der Waals surface area contributed by atoms with Crippen LogP contribution in [0.15, 0.2) is 54.7 Å². The molecule has 0 spiro atoms. The Morgan fingerprint density at radius 2 is 1.74 bits per heavy atom. The van der Waals surface area contributed by atoms with Gasteiger partial charge in [0.05, 0.1) is 0 Å². The van der Waals surface area contributed by atoms with E-state index in [2.05, 4.69) is 20.9 Å². The second kappa shape index (κ2) is 11.5. The molecular formula is C22H26N2O6Se. The van der Waals surface area contributed by atoms with Crippen LogP contribution in [0.1, 0.15) is 39.2 Å². The molecule has 8 nitrogen and oxygen atoms in total. The topological polar surface area (TPSA) is 95.9 Å². The van der Waals surface area contributed by atoms with Crippen LogP contribution in [0, 0.1) is 4.19 Å². The second-order valence-corrected chi connectivity index (χ2v) is 8.54. The standard InChI is InChI=1S/C22H26N2O6Se/c1-22(2,3)29-21(27)23-17(20(26)28-15-16-9-5-4-6-10-16)12-13-19(25)30-24-14-8-7-11-18(24)31/h4-11,14,17H,12-13,15H2,1-3H3,(H,23,27)/t17-/m0/s1. The fourth-order valence-corrected chi connectivity index (χ4v) is 2.80. The van der Waals surface area contributed by atoms with Crippen LogP contribution in [0.25, 0.3) is 0 Å². The summed E-state index contributed by atoms with van der Waals surface area (Å²) in [7, 11) is 0. The molecule has 0 saturated carbocycles. The normalized spacial score (nSPS) is 11.8. The number of benzene rings is 1. The molecule has 2 aromatic rings. The van der Waals surface area contributed by atoms with E-state index in [1.807, 2.05) is 30.3 Å². The van der Waals surface area contributed by atoms with Crippen molar-refractivity contribution in [2.24, 2.45) is 0 Å². The Labute approximate surface area is 188 Å². The molecule has 2 rings (SSSR count). The van der Waals surface area contributed by atoms with Crippen molar-refractivity contribution < 1.29 is 28.7 Å². The van der Waals surface area contributed by atoms with Gasteiger partial charge in [-0.1, -0.05) is 18.2 Å². The SMILES string of the molecule is CC(C)(C)OC(=O)N[C@@H](CCC(=O)On1ccccc1=[Se])C(=O)OCc1ccccc1. The molecule has 9 heteroatoms. The van der Waals surface area contributed by atoms with E-state index in [-0.39, 0.29) is 19.4 Å². The van der Waals surface area contributed by atoms with Crippen LogP contribution >= 0.6 is 0 Å². The minimum Gasteiger partial charge on any atom is -0.0622 e. The van der Waals surface area contributed by atoms with E-state index in [0.29, 0.717) is 4.19 Å². The predicted molar refractivity (Wildman–Crippen MR) is 114 cm³/mol. The van der Waals surface area contributed by atoms with Gasteiger partial charge in [0.2, 0.25) is 0 Å². The number of carbonyl (C=O) groups is 3. The monoisotopic (exact) mass is 494 g/mol. The zero-order chi connectivity index (χ0) is 22.9. The fraction of sp³-hybridized carbons (Fsp3) is 0.364. The van der Waals surface area contributed by atoms with Gasteiger partial charge >= 0.3 is 170 Å². The molecule has 0 unspecified atom stereocenters. The Morgan fingerprint density at radius 3 is 2.39 bits per heavy atom. The van der Waals surface area contributed by atoms with Crippen molar-refractivity contribution in [3.63, 3.8) is 0 Å². The van der Waals surface area contributed by atoms with Crippen LogP contribution < -0.4 is 10.2 Å². The molecule has 1 aromatic heterocycles. The van der Waals surface area contributed by atoms with Crippen LogP contribution in [-0.2, 0) is 25.7 Å². The Balaban J connectivity index is 1.99. The Hall–Kier alpha value is -2.90. The van der Waals surface area contributed by atoms with Crippen LogP contribution in [0.4, 0.5) is 4.79 Å². The summed E-state index contributed by atoms with van der Waals surface area (Å²) in [4.78, 5) is 42.2. The molecule has 1 aromatic carbocycles. The third-order valence-electron chi connectivity index (χ3n) is 3.83. The molecule has 1 atom stereocenters. The first-order chi connectivity index (χ1) is 14.6. The van der Waals surface area contributed by atoms with Crippen molar-refractivity contribution in [2.75, 3.05) is 0 Å². The van der Waals surface area contributed by atoms with Gasteiger partial charge in [-0.2, -0.15) is 0 Å². The smallest absolute Gasteiger partial charge is 0.0622 e. The van der Waals surface area contributed by atoms with Crippen molar-refractivity contribution in [3.05, 3.63) is 64.5 Å². The van der Waals surface area contributed by atoms with E-state index < -0.39 is 29.7 Å². The number of nitrogens with zero attached hydrogens (tertiary/aromatic N) is 1. The van der Waals surface area contributed by atoms with Crippen LogP contribution in [0.3, 0.4) is 0 Å². The molecular weight excluding hydrogens is 467 g/mol. The van der Waals surface area contributed by atoms with Crippen molar-refractivity contribution in [1.82, 2.24) is 10.0 Å². The third kappa shape index (κ3) is 9.19. The summed E-state index contributed by atoms with van der Waals surface area (Å²) in [6.45, 7) is 5.18. The van der Waals surface area contributed by atoms with E-state index in [0.717, 1.165) is 5.56 Å². The number of esters is 1. The van der Waals surface area contributed by atoms with E-state index >= 15 is 0 Å². The van der Waals surface area contributed by atoms with Gasteiger partial charge in [0.15, 0.2) is 0 Å². The number of aromatic nitrogens is 1. The van der Waals surface area contributed by atoms with Crippen molar-refractivity contribution in [3.8, 4) is 0 Å². The summed E-state index contributed by atoms with van der Waals surface area (Å²) in [6, 6.07) is 13.3. The van der Waals surface area contributed by atoms with Crippen LogP contribution in [0.5, 0.6) is 0 Å². The van der Waals surface area contributed by atoms with Gasteiger partial charge in [-0.25, -0.2) is 0 Å². The van der Waals surface area contributed by atoms with Gasteiger partial charge in [0.1, 0.15) is 0 Å². The number of pyridine rings is 1.